The van der Waals surface area contributed by atoms with Gasteiger partial charge in [-0.1, -0.05) is 11.2 Å². The van der Waals surface area contributed by atoms with Crippen LogP contribution in [-0.4, -0.2) is 46.8 Å². The van der Waals surface area contributed by atoms with E-state index in [2.05, 4.69) is 10.1 Å². The van der Waals surface area contributed by atoms with Crippen LogP contribution in [0.5, 0.6) is 5.75 Å². The van der Waals surface area contributed by atoms with Crippen LogP contribution < -0.4 is 4.74 Å². The second-order valence-corrected chi connectivity index (χ2v) is 6.47. The van der Waals surface area contributed by atoms with Crippen LogP contribution in [-0.2, 0) is 6.42 Å². The van der Waals surface area contributed by atoms with E-state index in [4.69, 9.17) is 9.26 Å². The molecule has 2 aromatic heterocycles. The molecule has 146 valence electrons. The van der Waals surface area contributed by atoms with Crippen LogP contribution in [0.1, 0.15) is 34.8 Å². The number of hydrogen-bond acceptors (Lipinski definition) is 6. The number of aromatic nitrogens is 2. The maximum absolute atomic E-state index is 13.1. The minimum atomic E-state index is -0.956. The van der Waals surface area contributed by atoms with Crippen molar-refractivity contribution >= 4 is 5.91 Å². The summed E-state index contributed by atoms with van der Waals surface area (Å²) in [5, 5.41) is 14.1. The fourth-order valence-electron chi connectivity index (χ4n) is 2.86. The standard InChI is InChI=1S/C21H23N3O4/c1-14(25)20-18(19(23-28-20)15-7-9-17(27-3)10-8-15)21(26)24(2)13-11-16-6-4-5-12-22-16/h4-10,12,14,25H,11,13H2,1-3H3. The Kier molecular flexibility index (Phi) is 6.06. The molecule has 0 bridgehead atoms. The van der Waals surface area contributed by atoms with Crippen molar-refractivity contribution < 1.29 is 19.2 Å². The summed E-state index contributed by atoms with van der Waals surface area (Å²) >= 11 is 0. The minimum absolute atomic E-state index is 0.153. The number of amides is 1. The number of methoxy groups -OCH3 is 1. The van der Waals surface area contributed by atoms with E-state index in [1.54, 1.807) is 56.4 Å². The lowest BCUT2D eigenvalue weighted by Gasteiger charge is -2.18. The first-order chi connectivity index (χ1) is 13.5. The molecule has 1 N–H and O–H groups in total. The van der Waals surface area contributed by atoms with Gasteiger partial charge in [0, 0.05) is 37.5 Å². The molecule has 7 heteroatoms. The Labute approximate surface area is 163 Å². The Morgan fingerprint density at radius 1 is 1.25 bits per heavy atom. The third-order valence-electron chi connectivity index (χ3n) is 4.45. The van der Waals surface area contributed by atoms with Gasteiger partial charge in [-0.15, -0.1) is 0 Å². The Bertz CT molecular complexity index is 921. The van der Waals surface area contributed by atoms with Crippen molar-refractivity contribution in [1.82, 2.24) is 15.0 Å². The molecule has 0 radical (unpaired) electrons. The molecule has 7 nitrogen and oxygen atoms in total. The molecule has 1 atom stereocenters. The number of rotatable bonds is 7. The number of pyridine rings is 1. The van der Waals surface area contributed by atoms with E-state index >= 15 is 0 Å². The van der Waals surface area contributed by atoms with Gasteiger partial charge in [-0.25, -0.2) is 0 Å². The molecule has 0 spiro atoms. The predicted octanol–water partition coefficient (Wildman–Crippen LogP) is 3.11. The van der Waals surface area contributed by atoms with Crippen LogP contribution >= 0.6 is 0 Å². The van der Waals surface area contributed by atoms with E-state index in [9.17, 15) is 9.90 Å². The zero-order valence-corrected chi connectivity index (χ0v) is 16.1. The quantitative estimate of drug-likeness (QED) is 0.676. The molecule has 1 unspecified atom stereocenters. The van der Waals surface area contributed by atoms with E-state index in [-0.39, 0.29) is 17.2 Å². The van der Waals surface area contributed by atoms with Gasteiger partial charge in [0.2, 0.25) is 0 Å². The first kappa shape index (κ1) is 19.6. The van der Waals surface area contributed by atoms with Gasteiger partial charge < -0.3 is 19.3 Å². The van der Waals surface area contributed by atoms with E-state index in [1.807, 2.05) is 18.2 Å². The number of nitrogens with zero attached hydrogens (tertiary/aromatic N) is 3. The third-order valence-corrected chi connectivity index (χ3v) is 4.45. The summed E-state index contributed by atoms with van der Waals surface area (Å²) in [6.07, 6.45) is 1.39. The van der Waals surface area contributed by atoms with Gasteiger partial charge in [-0.3, -0.25) is 9.78 Å². The molecule has 0 saturated carbocycles. The number of benzene rings is 1. The fourth-order valence-corrected chi connectivity index (χ4v) is 2.86. The number of ether oxygens (including phenoxy) is 1. The topological polar surface area (TPSA) is 88.7 Å². The monoisotopic (exact) mass is 381 g/mol. The number of aliphatic hydroxyl groups excluding tert-OH is 1. The van der Waals surface area contributed by atoms with E-state index < -0.39 is 6.10 Å². The van der Waals surface area contributed by atoms with Gasteiger partial charge in [0.15, 0.2) is 5.76 Å². The molecular weight excluding hydrogens is 358 g/mol. The average Bonchev–Trinajstić information content (AvgIpc) is 3.17. The largest absolute Gasteiger partial charge is 0.497 e. The highest BCUT2D eigenvalue weighted by molar-refractivity contribution is 6.00. The molecule has 0 aliphatic carbocycles. The minimum Gasteiger partial charge on any atom is -0.497 e. The molecule has 0 aliphatic rings. The lowest BCUT2D eigenvalue weighted by molar-refractivity contribution is 0.0784. The zero-order chi connectivity index (χ0) is 20.1. The molecular formula is C21H23N3O4. The highest BCUT2D eigenvalue weighted by Crippen LogP contribution is 2.31. The summed E-state index contributed by atoms with van der Waals surface area (Å²) in [6.45, 7) is 2.02. The summed E-state index contributed by atoms with van der Waals surface area (Å²) in [5.41, 5.74) is 2.27. The second-order valence-electron chi connectivity index (χ2n) is 6.47. The number of hydrogen-bond donors (Lipinski definition) is 1. The number of likely N-dealkylation sites (N-methyl/N-ethyl adjacent to an activating group) is 1. The van der Waals surface area contributed by atoms with Gasteiger partial charge in [0.1, 0.15) is 23.1 Å². The molecule has 0 saturated heterocycles. The molecule has 3 aromatic rings. The van der Waals surface area contributed by atoms with Gasteiger partial charge in [0.05, 0.1) is 7.11 Å². The maximum atomic E-state index is 13.1. The summed E-state index contributed by atoms with van der Waals surface area (Å²) < 4.78 is 10.5. The molecule has 2 heterocycles. The van der Waals surface area contributed by atoms with Gasteiger partial charge in [-0.2, -0.15) is 0 Å². The smallest absolute Gasteiger partial charge is 0.259 e. The van der Waals surface area contributed by atoms with Gasteiger partial charge >= 0.3 is 0 Å². The lowest BCUT2D eigenvalue weighted by Crippen LogP contribution is -2.30. The second kappa shape index (κ2) is 8.67. The van der Waals surface area contributed by atoms with Crippen molar-refractivity contribution in [3.8, 4) is 17.0 Å². The summed E-state index contributed by atoms with van der Waals surface area (Å²) in [5.74, 6) is 0.586. The van der Waals surface area contributed by atoms with Crippen LogP contribution in [0.25, 0.3) is 11.3 Å². The SMILES string of the molecule is COc1ccc(-c2noc(C(C)O)c2C(=O)N(C)CCc2ccccn2)cc1. The highest BCUT2D eigenvalue weighted by atomic mass is 16.5. The van der Waals surface area contributed by atoms with Gasteiger partial charge in [0.25, 0.3) is 5.91 Å². The van der Waals surface area contributed by atoms with E-state index in [0.717, 1.165) is 5.69 Å². The Balaban J connectivity index is 1.87. The van der Waals surface area contributed by atoms with Crippen molar-refractivity contribution in [2.45, 2.75) is 19.4 Å². The number of carbonyl (C=O) groups is 1. The number of carbonyl (C=O) groups excluding carboxylic acids is 1. The first-order valence-corrected chi connectivity index (χ1v) is 8.98. The molecule has 3 rings (SSSR count). The Hall–Kier alpha value is -3.19. The van der Waals surface area contributed by atoms with Crippen molar-refractivity contribution in [2.24, 2.45) is 0 Å². The summed E-state index contributed by atoms with van der Waals surface area (Å²) in [4.78, 5) is 19.0. The van der Waals surface area contributed by atoms with E-state index in [0.29, 0.717) is 30.0 Å². The van der Waals surface area contributed by atoms with Crippen LogP contribution in [0, 0.1) is 0 Å². The first-order valence-electron chi connectivity index (χ1n) is 8.98. The van der Waals surface area contributed by atoms with Crippen molar-refractivity contribution in [1.29, 1.82) is 0 Å². The normalized spacial score (nSPS) is 11.9. The molecule has 1 amide bonds. The van der Waals surface area contributed by atoms with Crippen molar-refractivity contribution in [3.05, 3.63) is 65.7 Å². The maximum Gasteiger partial charge on any atom is 0.259 e. The molecule has 28 heavy (non-hydrogen) atoms. The Morgan fingerprint density at radius 3 is 2.61 bits per heavy atom. The lowest BCUT2D eigenvalue weighted by atomic mass is 10.0. The van der Waals surface area contributed by atoms with Gasteiger partial charge in [-0.05, 0) is 43.3 Å². The number of aliphatic hydroxyl groups is 1. The van der Waals surface area contributed by atoms with E-state index in [1.165, 1.54) is 0 Å². The zero-order valence-electron chi connectivity index (χ0n) is 16.1. The van der Waals surface area contributed by atoms with Crippen LogP contribution in [0.2, 0.25) is 0 Å². The van der Waals surface area contributed by atoms with Crippen LogP contribution in [0.15, 0.2) is 53.2 Å². The van der Waals surface area contributed by atoms with Crippen molar-refractivity contribution in [2.75, 3.05) is 20.7 Å². The Morgan fingerprint density at radius 2 is 2.00 bits per heavy atom. The summed E-state index contributed by atoms with van der Waals surface area (Å²) in [6, 6.07) is 12.8. The molecule has 0 aliphatic heterocycles. The average molecular weight is 381 g/mol. The van der Waals surface area contributed by atoms with Crippen LogP contribution in [0.4, 0.5) is 0 Å². The summed E-state index contributed by atoms with van der Waals surface area (Å²) in [7, 11) is 3.30. The molecule has 0 fully saturated rings. The highest BCUT2D eigenvalue weighted by Gasteiger charge is 2.28. The predicted molar refractivity (Wildman–Crippen MR) is 104 cm³/mol. The third kappa shape index (κ3) is 4.20. The fraction of sp³-hybridized carbons (Fsp3) is 0.286. The molecule has 1 aromatic carbocycles. The van der Waals surface area contributed by atoms with Crippen LogP contribution in [0.3, 0.4) is 0 Å². The van der Waals surface area contributed by atoms with Crippen molar-refractivity contribution in [3.63, 3.8) is 0 Å².